The zero-order valence-electron chi connectivity index (χ0n) is 25.3. The van der Waals surface area contributed by atoms with E-state index < -0.39 is 11.8 Å². The summed E-state index contributed by atoms with van der Waals surface area (Å²) in [4.78, 5) is 55.8. The summed E-state index contributed by atoms with van der Waals surface area (Å²) >= 11 is 2.49. The topological polar surface area (TPSA) is 145 Å². The van der Waals surface area contributed by atoms with Gasteiger partial charge in [-0.1, -0.05) is 36.4 Å². The molecule has 0 saturated carbocycles. The highest BCUT2D eigenvalue weighted by molar-refractivity contribution is 8.00. The second-order valence-corrected chi connectivity index (χ2v) is 11.3. The van der Waals surface area contributed by atoms with Gasteiger partial charge in [-0.3, -0.25) is 19.2 Å². The van der Waals surface area contributed by atoms with E-state index >= 15 is 0 Å². The molecule has 0 saturated heterocycles. The maximum atomic E-state index is 13.6. The van der Waals surface area contributed by atoms with Crippen molar-refractivity contribution in [3.05, 3.63) is 101 Å². The highest BCUT2D eigenvalue weighted by Crippen LogP contribution is 2.32. The van der Waals surface area contributed by atoms with Crippen LogP contribution in [0, 0.1) is 0 Å². The van der Waals surface area contributed by atoms with E-state index in [1.807, 2.05) is 6.07 Å². The van der Waals surface area contributed by atoms with Gasteiger partial charge >= 0.3 is 5.97 Å². The van der Waals surface area contributed by atoms with Crippen molar-refractivity contribution in [2.75, 3.05) is 37.2 Å². The summed E-state index contributed by atoms with van der Waals surface area (Å²) in [5.41, 5.74) is 1.85. The van der Waals surface area contributed by atoms with Crippen LogP contribution in [0.3, 0.4) is 0 Å². The summed E-state index contributed by atoms with van der Waals surface area (Å²) in [5.74, 6) is -0.756. The Kier molecular flexibility index (Phi) is 12.3. The normalized spacial score (nSPS) is 10.9. The summed E-state index contributed by atoms with van der Waals surface area (Å²) in [6.07, 6.45) is 1.55. The van der Waals surface area contributed by atoms with Crippen LogP contribution in [0.15, 0.2) is 88.8 Å². The number of thiazole rings is 1. The number of ether oxygens (including phenoxy) is 3. The monoisotopic (exact) mass is 660 g/mol. The van der Waals surface area contributed by atoms with Crippen LogP contribution in [0.1, 0.15) is 28.5 Å². The Bertz CT molecular complexity index is 1720. The average Bonchev–Trinajstić information content (AvgIpc) is 3.49. The van der Waals surface area contributed by atoms with Crippen molar-refractivity contribution in [3.8, 4) is 11.5 Å². The SMILES string of the molecule is CCOC(=O)Cc1csc(NC(=O)CSc2cccc(NC(=O)/C(=C\c3cccc(OC)c3OC)NC(=O)c3ccccc3)c2)n1. The zero-order valence-corrected chi connectivity index (χ0v) is 27.0. The molecule has 3 aromatic carbocycles. The first-order valence-corrected chi connectivity index (χ1v) is 15.9. The number of anilines is 2. The van der Waals surface area contributed by atoms with E-state index in [9.17, 15) is 19.2 Å². The molecule has 4 rings (SSSR count). The molecule has 0 fully saturated rings. The number of nitrogens with zero attached hydrogens (tertiary/aromatic N) is 1. The van der Waals surface area contributed by atoms with Gasteiger partial charge in [-0.2, -0.15) is 0 Å². The maximum Gasteiger partial charge on any atom is 0.311 e. The van der Waals surface area contributed by atoms with Crippen molar-refractivity contribution in [1.82, 2.24) is 10.3 Å². The third-order valence-electron chi connectivity index (χ3n) is 6.15. The third kappa shape index (κ3) is 9.68. The van der Waals surface area contributed by atoms with Crippen molar-refractivity contribution in [2.45, 2.75) is 18.2 Å². The van der Waals surface area contributed by atoms with E-state index in [1.165, 1.54) is 43.4 Å². The minimum Gasteiger partial charge on any atom is -0.493 e. The molecule has 0 bridgehead atoms. The number of esters is 1. The number of aromatic nitrogens is 1. The Morgan fingerprint density at radius 1 is 0.935 bits per heavy atom. The molecule has 1 heterocycles. The number of rotatable bonds is 14. The smallest absolute Gasteiger partial charge is 0.311 e. The fourth-order valence-corrected chi connectivity index (χ4v) is 5.58. The molecular formula is C33H32N4O7S2. The lowest BCUT2D eigenvalue weighted by molar-refractivity contribution is -0.142. The second kappa shape index (κ2) is 16.8. The van der Waals surface area contributed by atoms with E-state index in [0.29, 0.717) is 39.1 Å². The van der Waals surface area contributed by atoms with Gasteiger partial charge in [-0.05, 0) is 49.4 Å². The molecule has 11 nitrogen and oxygen atoms in total. The third-order valence-corrected chi connectivity index (χ3v) is 7.95. The van der Waals surface area contributed by atoms with Crippen molar-refractivity contribution in [2.24, 2.45) is 0 Å². The van der Waals surface area contributed by atoms with Gasteiger partial charge < -0.3 is 30.2 Å². The first kappa shape index (κ1) is 33.7. The van der Waals surface area contributed by atoms with Crippen LogP contribution >= 0.6 is 23.1 Å². The van der Waals surface area contributed by atoms with E-state index in [4.69, 9.17) is 14.2 Å². The molecule has 3 amide bonds. The second-order valence-electron chi connectivity index (χ2n) is 9.41. The fourth-order valence-electron chi connectivity index (χ4n) is 4.10. The van der Waals surface area contributed by atoms with Crippen molar-refractivity contribution >= 4 is 63.7 Å². The molecule has 13 heteroatoms. The summed E-state index contributed by atoms with van der Waals surface area (Å²) in [6, 6.07) is 20.7. The van der Waals surface area contributed by atoms with Gasteiger partial charge in [0.25, 0.3) is 11.8 Å². The number of thioether (sulfide) groups is 1. The Labute approximate surface area is 274 Å². The molecule has 46 heavy (non-hydrogen) atoms. The van der Waals surface area contributed by atoms with Gasteiger partial charge in [0.05, 0.1) is 38.7 Å². The van der Waals surface area contributed by atoms with Gasteiger partial charge in [0.2, 0.25) is 5.91 Å². The highest BCUT2D eigenvalue weighted by Gasteiger charge is 2.18. The lowest BCUT2D eigenvalue weighted by Crippen LogP contribution is -2.30. The van der Waals surface area contributed by atoms with Crippen molar-refractivity contribution in [1.29, 1.82) is 0 Å². The summed E-state index contributed by atoms with van der Waals surface area (Å²) in [7, 11) is 3.00. The Hall–Kier alpha value is -5.14. The molecule has 0 spiro atoms. The zero-order chi connectivity index (χ0) is 32.9. The molecule has 3 N–H and O–H groups in total. The predicted octanol–water partition coefficient (Wildman–Crippen LogP) is 5.41. The van der Waals surface area contributed by atoms with Gasteiger partial charge in [0.15, 0.2) is 16.6 Å². The molecule has 0 aliphatic heterocycles. The van der Waals surface area contributed by atoms with Gasteiger partial charge in [0.1, 0.15) is 5.70 Å². The van der Waals surface area contributed by atoms with E-state index in [2.05, 4.69) is 20.9 Å². The number of benzene rings is 3. The van der Waals surface area contributed by atoms with Crippen LogP contribution in [0.25, 0.3) is 6.08 Å². The van der Waals surface area contributed by atoms with E-state index in [0.717, 1.165) is 4.90 Å². The minimum atomic E-state index is -0.573. The number of para-hydroxylation sites is 1. The molecule has 1 aromatic heterocycles. The Morgan fingerprint density at radius 3 is 2.46 bits per heavy atom. The van der Waals surface area contributed by atoms with Crippen LogP contribution in [-0.4, -0.2) is 55.3 Å². The van der Waals surface area contributed by atoms with Gasteiger partial charge in [0, 0.05) is 27.1 Å². The lowest BCUT2D eigenvalue weighted by Gasteiger charge is -2.14. The standard InChI is InChI=1S/C33H32N4O7S2/c1-4-44-29(39)18-24-19-46-33(35-24)37-28(38)20-45-25-14-9-13-23(17-25)34-32(41)26(36-31(40)21-10-6-5-7-11-21)16-22-12-8-15-27(42-2)30(22)43-3/h5-17,19H,4,18,20H2,1-3H3,(H,34,41)(H,36,40)(H,35,37,38)/b26-16+. The van der Waals surface area contributed by atoms with Gasteiger partial charge in [-0.15, -0.1) is 23.1 Å². The average molecular weight is 661 g/mol. The van der Waals surface area contributed by atoms with Crippen LogP contribution in [0.4, 0.5) is 10.8 Å². The Balaban J connectivity index is 1.45. The number of carbonyl (C=O) groups is 4. The van der Waals surface area contributed by atoms with E-state index in [1.54, 1.807) is 79.0 Å². The van der Waals surface area contributed by atoms with Crippen LogP contribution in [0.2, 0.25) is 0 Å². The number of nitrogens with one attached hydrogen (secondary N) is 3. The molecule has 0 unspecified atom stereocenters. The molecular weight excluding hydrogens is 629 g/mol. The first-order chi connectivity index (χ1) is 22.3. The van der Waals surface area contributed by atoms with Gasteiger partial charge in [-0.25, -0.2) is 4.98 Å². The number of hydrogen-bond donors (Lipinski definition) is 3. The number of methoxy groups -OCH3 is 2. The molecule has 0 atom stereocenters. The largest absolute Gasteiger partial charge is 0.493 e. The molecule has 0 radical (unpaired) electrons. The number of amides is 3. The fraction of sp³-hybridized carbons (Fsp3) is 0.182. The summed E-state index contributed by atoms with van der Waals surface area (Å²) in [6.45, 7) is 2.02. The first-order valence-electron chi connectivity index (χ1n) is 14.0. The van der Waals surface area contributed by atoms with E-state index in [-0.39, 0.29) is 36.4 Å². The summed E-state index contributed by atoms with van der Waals surface area (Å²) in [5, 5.41) is 10.3. The lowest BCUT2D eigenvalue weighted by atomic mass is 10.1. The number of carbonyl (C=O) groups excluding carboxylic acids is 4. The highest BCUT2D eigenvalue weighted by atomic mass is 32.2. The predicted molar refractivity (Wildman–Crippen MR) is 178 cm³/mol. The van der Waals surface area contributed by atoms with Crippen molar-refractivity contribution in [3.63, 3.8) is 0 Å². The quantitative estimate of drug-likeness (QED) is 0.0919. The van der Waals surface area contributed by atoms with Crippen LogP contribution in [-0.2, 0) is 25.5 Å². The molecule has 0 aliphatic rings. The number of hydrogen-bond acceptors (Lipinski definition) is 10. The maximum absolute atomic E-state index is 13.6. The van der Waals surface area contributed by atoms with Crippen molar-refractivity contribution < 1.29 is 33.4 Å². The molecule has 238 valence electrons. The van der Waals surface area contributed by atoms with Crippen LogP contribution in [0.5, 0.6) is 11.5 Å². The summed E-state index contributed by atoms with van der Waals surface area (Å²) < 4.78 is 15.8. The Morgan fingerprint density at radius 2 is 1.72 bits per heavy atom. The molecule has 4 aromatic rings. The minimum absolute atomic E-state index is 0.0244. The van der Waals surface area contributed by atoms with Crippen LogP contribution < -0.4 is 25.4 Å². The molecule has 0 aliphatic carbocycles.